The lowest BCUT2D eigenvalue weighted by Crippen LogP contribution is -2.41. The monoisotopic (exact) mass is 215 g/mol. The summed E-state index contributed by atoms with van der Waals surface area (Å²) >= 11 is 0. The molecule has 3 heteroatoms. The van der Waals surface area contributed by atoms with E-state index in [4.69, 9.17) is 0 Å². The van der Waals surface area contributed by atoms with Crippen molar-refractivity contribution >= 4 is 11.5 Å². The second-order valence-corrected chi connectivity index (χ2v) is 4.67. The van der Waals surface area contributed by atoms with Crippen molar-refractivity contribution in [1.82, 2.24) is 5.01 Å². The molecular weight excluding hydrogens is 198 g/mol. The molecule has 0 spiro atoms. The average molecular weight is 215 g/mol. The van der Waals surface area contributed by atoms with E-state index in [-0.39, 0.29) is 0 Å². The van der Waals surface area contributed by atoms with Crippen molar-refractivity contribution < 1.29 is 0 Å². The molecule has 1 atom stereocenters. The van der Waals surface area contributed by atoms with Gasteiger partial charge in [0, 0.05) is 13.5 Å². The molecule has 0 aromatic heterocycles. The van der Waals surface area contributed by atoms with Gasteiger partial charge in [-0.1, -0.05) is 18.2 Å². The van der Waals surface area contributed by atoms with Gasteiger partial charge in [0.15, 0.2) is 0 Å². The lowest BCUT2D eigenvalue weighted by atomic mass is 9.97. The van der Waals surface area contributed by atoms with Crippen molar-refractivity contribution in [3.8, 4) is 0 Å². The van der Waals surface area contributed by atoms with Crippen LogP contribution >= 0.6 is 0 Å². The fourth-order valence-electron chi connectivity index (χ4n) is 2.70. The predicted octanol–water partition coefficient (Wildman–Crippen LogP) is 2.35. The molecule has 2 aliphatic heterocycles. The third-order valence-electron chi connectivity index (χ3n) is 3.65. The molecule has 0 saturated heterocycles. The number of fused-ring (bicyclic) bond motifs is 3. The Kier molecular flexibility index (Phi) is 1.96. The van der Waals surface area contributed by atoms with Crippen LogP contribution in [0.2, 0.25) is 0 Å². The maximum atomic E-state index is 4.61. The molecule has 0 radical (unpaired) electrons. The maximum Gasteiger partial charge on any atom is 0.131 e. The molecular formula is C13H17N3. The summed E-state index contributed by atoms with van der Waals surface area (Å²) in [5, 5.41) is 6.66. The first-order chi connectivity index (χ1) is 7.68. The fraction of sp³-hybridized carbons (Fsp3) is 0.462. The van der Waals surface area contributed by atoms with Gasteiger partial charge in [0.1, 0.15) is 12.0 Å². The number of rotatable bonds is 0. The number of hydrazone groups is 1. The molecule has 16 heavy (non-hydrogen) atoms. The van der Waals surface area contributed by atoms with Crippen LogP contribution in [0.3, 0.4) is 0 Å². The molecule has 3 rings (SSSR count). The Morgan fingerprint density at radius 3 is 2.94 bits per heavy atom. The third-order valence-corrected chi connectivity index (χ3v) is 3.65. The third kappa shape index (κ3) is 1.17. The molecule has 0 saturated carbocycles. The Morgan fingerprint density at radius 2 is 2.12 bits per heavy atom. The van der Waals surface area contributed by atoms with E-state index in [1.165, 1.54) is 22.6 Å². The summed E-state index contributed by atoms with van der Waals surface area (Å²) < 4.78 is 0. The van der Waals surface area contributed by atoms with E-state index >= 15 is 0 Å². The SMILES string of the molecule is Cc1cccc2c1N1C(=NN(C)[C@@H]1C)CC2. The quantitative estimate of drug-likeness (QED) is 0.661. The minimum atomic E-state index is 0.343. The lowest BCUT2D eigenvalue weighted by Gasteiger charge is -2.33. The molecule has 0 fully saturated rings. The van der Waals surface area contributed by atoms with Crippen LogP contribution < -0.4 is 4.90 Å². The zero-order chi connectivity index (χ0) is 11.3. The molecule has 2 heterocycles. The zero-order valence-corrected chi connectivity index (χ0v) is 10.1. The largest absolute Gasteiger partial charge is 0.306 e. The normalized spacial score (nSPS) is 22.9. The summed E-state index contributed by atoms with van der Waals surface area (Å²) in [6.45, 7) is 4.39. The van der Waals surface area contributed by atoms with Crippen LogP contribution in [0.25, 0.3) is 0 Å². The highest BCUT2D eigenvalue weighted by molar-refractivity contribution is 6.02. The number of hydrogen-bond acceptors (Lipinski definition) is 3. The van der Waals surface area contributed by atoms with Gasteiger partial charge in [-0.25, -0.2) is 0 Å². The summed E-state index contributed by atoms with van der Waals surface area (Å²) in [4.78, 5) is 2.38. The molecule has 0 unspecified atom stereocenters. The van der Waals surface area contributed by atoms with Gasteiger partial charge in [-0.05, 0) is 31.4 Å². The maximum absolute atomic E-state index is 4.61. The zero-order valence-electron chi connectivity index (χ0n) is 10.1. The lowest BCUT2D eigenvalue weighted by molar-refractivity contribution is 0.304. The van der Waals surface area contributed by atoms with E-state index in [1.807, 2.05) is 7.05 Å². The highest BCUT2D eigenvalue weighted by atomic mass is 15.6. The first kappa shape index (κ1) is 9.70. The minimum Gasteiger partial charge on any atom is -0.306 e. The number of benzene rings is 1. The van der Waals surface area contributed by atoms with Crippen molar-refractivity contribution in [2.24, 2.45) is 5.10 Å². The van der Waals surface area contributed by atoms with E-state index < -0.39 is 0 Å². The van der Waals surface area contributed by atoms with Gasteiger partial charge in [0.25, 0.3) is 0 Å². The van der Waals surface area contributed by atoms with Crippen LogP contribution in [-0.2, 0) is 6.42 Å². The summed E-state index contributed by atoms with van der Waals surface area (Å²) in [6.07, 6.45) is 2.52. The van der Waals surface area contributed by atoms with Crippen LogP contribution in [-0.4, -0.2) is 24.1 Å². The summed E-state index contributed by atoms with van der Waals surface area (Å²) in [7, 11) is 2.05. The standard InChI is InChI=1S/C13H17N3/c1-9-5-4-6-11-7-8-12-14-15(3)10(2)16(12)13(9)11/h4-6,10H,7-8H2,1-3H3/t10-/m0/s1. The average Bonchev–Trinajstić information content (AvgIpc) is 2.56. The van der Waals surface area contributed by atoms with E-state index in [2.05, 4.69) is 47.1 Å². The van der Waals surface area contributed by atoms with Gasteiger partial charge in [-0.2, -0.15) is 5.10 Å². The highest BCUT2D eigenvalue weighted by Gasteiger charge is 2.34. The Morgan fingerprint density at radius 1 is 1.31 bits per heavy atom. The van der Waals surface area contributed by atoms with Gasteiger partial charge in [0.2, 0.25) is 0 Å². The smallest absolute Gasteiger partial charge is 0.131 e. The molecule has 0 aliphatic carbocycles. The first-order valence-electron chi connectivity index (χ1n) is 5.86. The molecule has 1 aromatic rings. The number of anilines is 1. The molecule has 0 amide bonds. The van der Waals surface area contributed by atoms with E-state index in [1.54, 1.807) is 0 Å². The van der Waals surface area contributed by atoms with Gasteiger partial charge in [-0.15, -0.1) is 0 Å². The van der Waals surface area contributed by atoms with Gasteiger partial charge < -0.3 is 4.90 Å². The van der Waals surface area contributed by atoms with Gasteiger partial charge in [0.05, 0.1) is 5.69 Å². The molecule has 3 nitrogen and oxygen atoms in total. The summed E-state index contributed by atoms with van der Waals surface area (Å²) in [5.41, 5.74) is 4.19. The van der Waals surface area contributed by atoms with Crippen LogP contribution in [0.15, 0.2) is 23.3 Å². The van der Waals surface area contributed by atoms with Crippen LogP contribution in [0.5, 0.6) is 0 Å². The summed E-state index contributed by atoms with van der Waals surface area (Å²) in [6, 6.07) is 6.58. The van der Waals surface area contributed by atoms with Crippen LogP contribution in [0.4, 0.5) is 5.69 Å². The molecule has 1 aromatic carbocycles. The second kappa shape index (κ2) is 3.24. The number of nitrogens with zero attached hydrogens (tertiary/aromatic N) is 3. The van der Waals surface area contributed by atoms with E-state index in [0.717, 1.165) is 12.8 Å². The molecule has 0 N–H and O–H groups in total. The molecule has 0 bridgehead atoms. The predicted molar refractivity (Wildman–Crippen MR) is 66.6 cm³/mol. The highest BCUT2D eigenvalue weighted by Crippen LogP contribution is 2.36. The van der Waals surface area contributed by atoms with E-state index in [0.29, 0.717) is 6.17 Å². The Hall–Kier alpha value is -1.51. The molecule has 2 aliphatic rings. The number of hydrogen-bond donors (Lipinski definition) is 0. The minimum absolute atomic E-state index is 0.343. The van der Waals surface area contributed by atoms with Crippen molar-refractivity contribution in [2.45, 2.75) is 32.9 Å². The van der Waals surface area contributed by atoms with Crippen LogP contribution in [0, 0.1) is 6.92 Å². The molecule has 84 valence electrons. The Balaban J connectivity index is 2.16. The Labute approximate surface area is 96.4 Å². The number of amidine groups is 1. The topological polar surface area (TPSA) is 18.8 Å². The van der Waals surface area contributed by atoms with Crippen molar-refractivity contribution in [2.75, 3.05) is 11.9 Å². The Bertz CT molecular complexity index is 464. The van der Waals surface area contributed by atoms with E-state index in [9.17, 15) is 0 Å². The van der Waals surface area contributed by atoms with Gasteiger partial charge >= 0.3 is 0 Å². The van der Waals surface area contributed by atoms with Crippen molar-refractivity contribution in [1.29, 1.82) is 0 Å². The van der Waals surface area contributed by atoms with Crippen molar-refractivity contribution in [3.63, 3.8) is 0 Å². The fourth-order valence-corrected chi connectivity index (χ4v) is 2.70. The van der Waals surface area contributed by atoms with Gasteiger partial charge in [-0.3, -0.25) is 5.01 Å². The van der Waals surface area contributed by atoms with Crippen molar-refractivity contribution in [3.05, 3.63) is 29.3 Å². The number of para-hydroxylation sites is 1. The first-order valence-corrected chi connectivity index (χ1v) is 5.86. The van der Waals surface area contributed by atoms with Crippen LogP contribution in [0.1, 0.15) is 24.5 Å². The second-order valence-electron chi connectivity index (χ2n) is 4.67. The number of aryl methyl sites for hydroxylation is 2. The summed E-state index contributed by atoms with van der Waals surface area (Å²) in [5.74, 6) is 1.22.